The first-order chi connectivity index (χ1) is 9.52. The molecule has 5 nitrogen and oxygen atoms in total. The van der Waals surface area contributed by atoms with E-state index in [2.05, 4.69) is 26.2 Å². The molecule has 0 aromatic carbocycles. The zero-order valence-corrected chi connectivity index (χ0v) is 13.2. The van der Waals surface area contributed by atoms with E-state index in [4.69, 9.17) is 4.74 Å². The molecule has 7 heteroatoms. The van der Waals surface area contributed by atoms with Crippen molar-refractivity contribution in [2.24, 2.45) is 0 Å². The van der Waals surface area contributed by atoms with Crippen LogP contribution < -0.4 is 5.32 Å². The van der Waals surface area contributed by atoms with E-state index in [1.54, 1.807) is 17.5 Å². The standard InChI is InChI=1S/C13H11BrN2O3S/c1-7-6-20-11(13(18)19-2)10(7)16-12(17)8-3-4-15-9(14)5-8/h3-6H,1-2H3,(H,16,17). The van der Waals surface area contributed by atoms with E-state index in [0.29, 0.717) is 20.7 Å². The Hall–Kier alpha value is -1.73. The predicted octanol–water partition coefficient (Wildman–Crippen LogP) is 3.25. The van der Waals surface area contributed by atoms with Crippen molar-refractivity contribution in [1.29, 1.82) is 0 Å². The summed E-state index contributed by atoms with van der Waals surface area (Å²) in [6.45, 7) is 1.82. The second kappa shape index (κ2) is 6.15. The van der Waals surface area contributed by atoms with Gasteiger partial charge in [-0.25, -0.2) is 9.78 Å². The van der Waals surface area contributed by atoms with E-state index in [9.17, 15) is 9.59 Å². The third-order valence-corrected chi connectivity index (χ3v) is 4.08. The van der Waals surface area contributed by atoms with Gasteiger partial charge in [-0.2, -0.15) is 0 Å². The highest BCUT2D eigenvalue weighted by Gasteiger charge is 2.19. The van der Waals surface area contributed by atoms with Gasteiger partial charge in [0.2, 0.25) is 0 Å². The average Bonchev–Trinajstić information content (AvgIpc) is 2.79. The highest BCUT2D eigenvalue weighted by molar-refractivity contribution is 9.10. The van der Waals surface area contributed by atoms with Crippen molar-refractivity contribution in [2.45, 2.75) is 6.92 Å². The Balaban J connectivity index is 2.28. The Morgan fingerprint density at radius 1 is 1.45 bits per heavy atom. The molecule has 2 aromatic heterocycles. The van der Waals surface area contributed by atoms with Gasteiger partial charge in [0.25, 0.3) is 5.91 Å². The number of carbonyl (C=O) groups is 2. The van der Waals surface area contributed by atoms with Crippen LogP contribution in [0.4, 0.5) is 5.69 Å². The Labute approximate surface area is 128 Å². The molecular weight excluding hydrogens is 344 g/mol. The highest BCUT2D eigenvalue weighted by Crippen LogP contribution is 2.28. The third kappa shape index (κ3) is 3.05. The van der Waals surface area contributed by atoms with E-state index in [1.165, 1.54) is 24.6 Å². The van der Waals surface area contributed by atoms with Crippen LogP contribution in [-0.4, -0.2) is 24.0 Å². The van der Waals surface area contributed by atoms with Gasteiger partial charge in [-0.1, -0.05) is 0 Å². The molecule has 1 N–H and O–H groups in total. The second-order valence-electron chi connectivity index (χ2n) is 3.94. The topological polar surface area (TPSA) is 68.3 Å². The number of nitrogens with one attached hydrogen (secondary N) is 1. The molecule has 0 aliphatic carbocycles. The first kappa shape index (κ1) is 14.7. The number of hydrogen-bond donors (Lipinski definition) is 1. The van der Waals surface area contributed by atoms with Crippen LogP contribution in [0.3, 0.4) is 0 Å². The van der Waals surface area contributed by atoms with Crippen LogP contribution in [0.25, 0.3) is 0 Å². The van der Waals surface area contributed by atoms with Crippen LogP contribution in [-0.2, 0) is 4.74 Å². The molecule has 0 radical (unpaired) electrons. The molecule has 0 aliphatic rings. The Kier molecular flexibility index (Phi) is 4.51. The number of halogens is 1. The van der Waals surface area contributed by atoms with Gasteiger partial charge in [0.05, 0.1) is 12.8 Å². The van der Waals surface area contributed by atoms with E-state index in [1.807, 2.05) is 6.92 Å². The SMILES string of the molecule is COC(=O)c1scc(C)c1NC(=O)c1ccnc(Br)c1. The minimum absolute atomic E-state index is 0.306. The monoisotopic (exact) mass is 354 g/mol. The van der Waals surface area contributed by atoms with Crippen LogP contribution in [0, 0.1) is 6.92 Å². The fourth-order valence-corrected chi connectivity index (χ4v) is 2.86. The molecule has 0 saturated heterocycles. The van der Waals surface area contributed by atoms with Crippen LogP contribution in [0.2, 0.25) is 0 Å². The molecular formula is C13H11BrN2O3S. The summed E-state index contributed by atoms with van der Waals surface area (Å²) < 4.78 is 5.27. The number of hydrogen-bond acceptors (Lipinski definition) is 5. The lowest BCUT2D eigenvalue weighted by molar-refractivity contribution is 0.0607. The number of rotatable bonds is 3. The van der Waals surface area contributed by atoms with E-state index >= 15 is 0 Å². The van der Waals surface area contributed by atoms with Gasteiger partial charge in [-0.3, -0.25) is 4.79 Å². The van der Waals surface area contributed by atoms with E-state index < -0.39 is 5.97 Å². The number of thiophene rings is 1. The summed E-state index contributed by atoms with van der Waals surface area (Å²) in [7, 11) is 1.31. The third-order valence-electron chi connectivity index (χ3n) is 2.57. The second-order valence-corrected chi connectivity index (χ2v) is 5.63. The smallest absolute Gasteiger partial charge is 0.350 e. The first-order valence-electron chi connectivity index (χ1n) is 5.62. The molecule has 0 aliphatic heterocycles. The molecule has 0 bridgehead atoms. The fraction of sp³-hybridized carbons (Fsp3) is 0.154. The molecule has 0 spiro atoms. The summed E-state index contributed by atoms with van der Waals surface area (Å²) in [5, 5.41) is 4.54. The van der Waals surface area contributed by atoms with Crippen LogP contribution in [0.1, 0.15) is 25.6 Å². The summed E-state index contributed by atoms with van der Waals surface area (Å²) in [6.07, 6.45) is 1.53. The van der Waals surface area contributed by atoms with Gasteiger partial charge in [0, 0.05) is 11.8 Å². The van der Waals surface area contributed by atoms with Gasteiger partial charge in [-0.15, -0.1) is 11.3 Å². The molecule has 2 heterocycles. The molecule has 0 atom stereocenters. The lowest BCUT2D eigenvalue weighted by atomic mass is 10.2. The van der Waals surface area contributed by atoms with Crippen molar-refractivity contribution < 1.29 is 14.3 Å². The number of aryl methyl sites for hydroxylation is 1. The van der Waals surface area contributed by atoms with Crippen LogP contribution in [0.5, 0.6) is 0 Å². The Morgan fingerprint density at radius 2 is 2.20 bits per heavy atom. The Bertz CT molecular complexity index is 669. The van der Waals surface area contributed by atoms with Crippen molar-refractivity contribution in [3.8, 4) is 0 Å². The maximum Gasteiger partial charge on any atom is 0.350 e. The minimum atomic E-state index is -0.464. The van der Waals surface area contributed by atoms with Crippen molar-refractivity contribution in [3.05, 3.63) is 44.3 Å². The van der Waals surface area contributed by atoms with Crippen molar-refractivity contribution in [1.82, 2.24) is 4.98 Å². The zero-order chi connectivity index (χ0) is 14.7. The number of nitrogens with zero attached hydrogens (tertiary/aromatic N) is 1. The molecule has 0 saturated carbocycles. The zero-order valence-electron chi connectivity index (χ0n) is 10.8. The van der Waals surface area contributed by atoms with Crippen molar-refractivity contribution >= 4 is 44.8 Å². The summed E-state index contributed by atoms with van der Waals surface area (Å²) in [4.78, 5) is 28.2. The van der Waals surface area contributed by atoms with Crippen molar-refractivity contribution in [2.75, 3.05) is 12.4 Å². The summed E-state index contributed by atoms with van der Waals surface area (Å²) >= 11 is 4.45. The number of ether oxygens (including phenoxy) is 1. The molecule has 104 valence electrons. The molecule has 1 amide bonds. The summed E-state index contributed by atoms with van der Waals surface area (Å²) in [6, 6.07) is 3.20. The number of aromatic nitrogens is 1. The number of pyridine rings is 1. The molecule has 0 fully saturated rings. The van der Waals surface area contributed by atoms with E-state index in [-0.39, 0.29) is 5.91 Å². The van der Waals surface area contributed by atoms with Gasteiger partial charge < -0.3 is 10.1 Å². The fourth-order valence-electron chi connectivity index (χ4n) is 1.57. The number of methoxy groups -OCH3 is 1. The van der Waals surface area contributed by atoms with Gasteiger partial charge in [0.15, 0.2) is 0 Å². The molecule has 2 rings (SSSR count). The lowest BCUT2D eigenvalue weighted by Gasteiger charge is -2.07. The lowest BCUT2D eigenvalue weighted by Crippen LogP contribution is -2.14. The maximum atomic E-state index is 12.2. The average molecular weight is 355 g/mol. The maximum absolute atomic E-state index is 12.2. The van der Waals surface area contributed by atoms with Gasteiger partial charge >= 0.3 is 5.97 Å². The van der Waals surface area contributed by atoms with Gasteiger partial charge in [0.1, 0.15) is 9.48 Å². The quantitative estimate of drug-likeness (QED) is 0.678. The van der Waals surface area contributed by atoms with Gasteiger partial charge in [-0.05, 0) is 45.9 Å². The predicted molar refractivity (Wildman–Crippen MR) is 80.3 cm³/mol. The van der Waals surface area contributed by atoms with Crippen molar-refractivity contribution in [3.63, 3.8) is 0 Å². The summed E-state index contributed by atoms with van der Waals surface area (Å²) in [5.74, 6) is -0.769. The number of amides is 1. The largest absolute Gasteiger partial charge is 0.465 e. The summed E-state index contributed by atoms with van der Waals surface area (Å²) in [5.41, 5.74) is 1.75. The number of carbonyl (C=O) groups excluding carboxylic acids is 2. The minimum Gasteiger partial charge on any atom is -0.465 e. The van der Waals surface area contributed by atoms with Crippen LogP contribution >= 0.6 is 27.3 Å². The Morgan fingerprint density at radius 3 is 2.85 bits per heavy atom. The van der Waals surface area contributed by atoms with E-state index in [0.717, 1.165) is 5.56 Å². The number of anilines is 1. The molecule has 20 heavy (non-hydrogen) atoms. The normalized spacial score (nSPS) is 10.2. The number of esters is 1. The van der Waals surface area contributed by atoms with Crippen LogP contribution in [0.15, 0.2) is 28.3 Å². The first-order valence-corrected chi connectivity index (χ1v) is 7.29. The highest BCUT2D eigenvalue weighted by atomic mass is 79.9. The molecule has 2 aromatic rings. The molecule has 0 unspecified atom stereocenters.